The highest BCUT2D eigenvalue weighted by Crippen LogP contribution is 2.68. The number of aliphatic hydroxyl groups excluding tert-OH is 1. The van der Waals surface area contributed by atoms with Crippen molar-refractivity contribution in [2.75, 3.05) is 0 Å². The van der Waals surface area contributed by atoms with Gasteiger partial charge in [0.1, 0.15) is 0 Å². The average Bonchev–Trinajstić information content (AvgIpc) is 2.25. The maximum Gasteiger partial charge on any atom is 0.156 e. The van der Waals surface area contributed by atoms with Gasteiger partial charge in [-0.1, -0.05) is 20.8 Å². The SMILES string of the molecule is CC1(C)CC(=O)C=C2[C@H](O)[C@]3(C)CC[C@@]21C[C@@H]3Cl. The lowest BCUT2D eigenvalue weighted by Crippen LogP contribution is -2.63. The summed E-state index contributed by atoms with van der Waals surface area (Å²) in [5.74, 6) is 0.155. The van der Waals surface area contributed by atoms with E-state index in [-0.39, 0.29) is 27.4 Å². The molecule has 1 N–H and O–H groups in total. The number of fused-ring (bicyclic) bond motifs is 2. The predicted octanol–water partition coefficient (Wildman–Crippen LogP) is 3.07. The van der Waals surface area contributed by atoms with Gasteiger partial charge in [0.15, 0.2) is 5.78 Å². The smallest absolute Gasteiger partial charge is 0.156 e. The van der Waals surface area contributed by atoms with Crippen molar-refractivity contribution in [3.05, 3.63) is 11.6 Å². The summed E-state index contributed by atoms with van der Waals surface area (Å²) in [6, 6.07) is 0. The third-order valence-electron chi connectivity index (χ3n) is 6.03. The van der Waals surface area contributed by atoms with Crippen molar-refractivity contribution in [2.24, 2.45) is 16.2 Å². The first-order valence-corrected chi connectivity index (χ1v) is 7.24. The Kier molecular flexibility index (Phi) is 2.40. The molecule has 18 heavy (non-hydrogen) atoms. The van der Waals surface area contributed by atoms with Crippen LogP contribution in [-0.4, -0.2) is 22.4 Å². The molecule has 100 valence electrons. The van der Waals surface area contributed by atoms with Crippen molar-refractivity contribution in [2.45, 2.75) is 57.9 Å². The highest BCUT2D eigenvalue weighted by Gasteiger charge is 2.65. The van der Waals surface area contributed by atoms with Crippen LogP contribution in [-0.2, 0) is 4.79 Å². The first kappa shape index (κ1) is 12.7. The summed E-state index contributed by atoms with van der Waals surface area (Å²) in [5.41, 5.74) is 0.548. The van der Waals surface area contributed by atoms with Gasteiger partial charge < -0.3 is 5.11 Å². The Balaban J connectivity index is 2.20. The number of alkyl halides is 1. The van der Waals surface area contributed by atoms with Crippen molar-refractivity contribution < 1.29 is 9.90 Å². The second kappa shape index (κ2) is 3.40. The Morgan fingerprint density at radius 3 is 2.61 bits per heavy atom. The van der Waals surface area contributed by atoms with Crippen molar-refractivity contribution >= 4 is 17.4 Å². The third kappa shape index (κ3) is 1.26. The maximum atomic E-state index is 11.9. The fraction of sp³-hybridized carbons (Fsp3) is 0.800. The molecule has 3 fully saturated rings. The van der Waals surface area contributed by atoms with Crippen molar-refractivity contribution in [3.8, 4) is 0 Å². The number of aliphatic hydroxyl groups is 1. The fourth-order valence-electron chi connectivity index (χ4n) is 4.52. The van der Waals surface area contributed by atoms with Crippen LogP contribution in [0.15, 0.2) is 11.6 Å². The van der Waals surface area contributed by atoms with E-state index in [1.165, 1.54) is 0 Å². The van der Waals surface area contributed by atoms with Crippen LogP contribution in [0.2, 0.25) is 0 Å². The molecule has 0 amide bonds. The lowest BCUT2D eigenvalue weighted by molar-refractivity contribution is -0.131. The van der Waals surface area contributed by atoms with Crippen molar-refractivity contribution in [1.82, 2.24) is 0 Å². The monoisotopic (exact) mass is 268 g/mol. The van der Waals surface area contributed by atoms with E-state index in [1.807, 2.05) is 0 Å². The summed E-state index contributed by atoms with van der Waals surface area (Å²) in [5, 5.41) is 10.7. The van der Waals surface area contributed by atoms with E-state index < -0.39 is 6.10 Å². The Bertz CT molecular complexity index is 453. The Morgan fingerprint density at radius 2 is 2.00 bits per heavy atom. The molecule has 4 aliphatic carbocycles. The number of ketones is 1. The van der Waals surface area contributed by atoms with Crippen LogP contribution in [0.1, 0.15) is 46.5 Å². The quantitative estimate of drug-likeness (QED) is 0.686. The second-order valence-corrected chi connectivity index (χ2v) is 7.82. The number of hydrogen-bond donors (Lipinski definition) is 1. The lowest BCUT2D eigenvalue weighted by atomic mass is 9.41. The van der Waals surface area contributed by atoms with Gasteiger partial charge in [-0.3, -0.25) is 4.79 Å². The molecule has 3 saturated carbocycles. The topological polar surface area (TPSA) is 37.3 Å². The first-order valence-electron chi connectivity index (χ1n) is 6.80. The van der Waals surface area contributed by atoms with Gasteiger partial charge in [-0.2, -0.15) is 0 Å². The molecule has 0 heterocycles. The van der Waals surface area contributed by atoms with Gasteiger partial charge in [-0.25, -0.2) is 0 Å². The molecule has 4 aliphatic rings. The molecule has 4 rings (SSSR count). The minimum absolute atomic E-state index is 0.00544. The number of halogens is 1. The van der Waals surface area contributed by atoms with E-state index in [1.54, 1.807) is 6.08 Å². The van der Waals surface area contributed by atoms with E-state index in [0.717, 1.165) is 24.8 Å². The molecule has 0 aromatic rings. The summed E-state index contributed by atoms with van der Waals surface area (Å²) in [6.45, 7) is 6.37. The van der Waals surface area contributed by atoms with Crippen LogP contribution in [0, 0.1) is 16.2 Å². The van der Waals surface area contributed by atoms with Crippen molar-refractivity contribution in [3.63, 3.8) is 0 Å². The van der Waals surface area contributed by atoms with Crippen LogP contribution in [0.25, 0.3) is 0 Å². The summed E-state index contributed by atoms with van der Waals surface area (Å²) < 4.78 is 0. The zero-order chi connectivity index (χ0) is 13.3. The second-order valence-electron chi connectivity index (χ2n) is 7.29. The highest BCUT2D eigenvalue weighted by molar-refractivity contribution is 6.21. The van der Waals surface area contributed by atoms with E-state index >= 15 is 0 Å². The molecule has 0 unspecified atom stereocenters. The zero-order valence-corrected chi connectivity index (χ0v) is 12.0. The van der Waals surface area contributed by atoms with Gasteiger partial charge in [0.05, 0.1) is 6.10 Å². The van der Waals surface area contributed by atoms with Crippen LogP contribution in [0.4, 0.5) is 0 Å². The molecule has 0 aromatic heterocycles. The molecule has 3 heteroatoms. The number of rotatable bonds is 0. The van der Waals surface area contributed by atoms with Crippen LogP contribution in [0.3, 0.4) is 0 Å². The largest absolute Gasteiger partial charge is 0.388 e. The molecular formula is C15H21ClO2. The first-order chi connectivity index (χ1) is 8.23. The number of carbonyl (C=O) groups excluding carboxylic acids is 1. The maximum absolute atomic E-state index is 11.9. The van der Waals surface area contributed by atoms with E-state index in [0.29, 0.717) is 6.42 Å². The minimum atomic E-state index is -0.550. The normalized spacial score (nSPS) is 49.8. The summed E-state index contributed by atoms with van der Waals surface area (Å²) in [4.78, 5) is 11.9. The number of hydrogen-bond acceptors (Lipinski definition) is 2. The van der Waals surface area contributed by atoms with Crippen LogP contribution >= 0.6 is 11.6 Å². The molecule has 1 spiro atoms. The molecule has 0 saturated heterocycles. The summed E-state index contributed by atoms with van der Waals surface area (Å²) in [6.07, 6.45) is 4.65. The lowest BCUT2D eigenvalue weighted by Gasteiger charge is -2.65. The summed E-state index contributed by atoms with van der Waals surface area (Å²) in [7, 11) is 0. The van der Waals surface area contributed by atoms with Gasteiger partial charge in [0.25, 0.3) is 0 Å². The predicted molar refractivity (Wildman–Crippen MR) is 71.5 cm³/mol. The molecule has 2 nitrogen and oxygen atoms in total. The molecule has 2 bridgehead atoms. The number of allylic oxidation sites excluding steroid dienone is 1. The van der Waals surface area contributed by atoms with Gasteiger partial charge in [0.2, 0.25) is 0 Å². The fourth-order valence-corrected chi connectivity index (χ4v) is 5.01. The van der Waals surface area contributed by atoms with Crippen molar-refractivity contribution in [1.29, 1.82) is 0 Å². The van der Waals surface area contributed by atoms with E-state index in [9.17, 15) is 9.90 Å². The molecule has 0 aliphatic heterocycles. The minimum Gasteiger partial charge on any atom is -0.388 e. The van der Waals surface area contributed by atoms with E-state index in [4.69, 9.17) is 11.6 Å². The Morgan fingerprint density at radius 1 is 1.33 bits per heavy atom. The molecule has 0 aromatic carbocycles. The molecule has 4 atom stereocenters. The molecular weight excluding hydrogens is 248 g/mol. The van der Waals surface area contributed by atoms with Gasteiger partial charge in [-0.15, -0.1) is 11.6 Å². The number of carbonyl (C=O) groups is 1. The van der Waals surface area contributed by atoms with Gasteiger partial charge in [0, 0.05) is 22.6 Å². The summed E-state index contributed by atoms with van der Waals surface area (Å²) >= 11 is 6.56. The standard InChI is InChI=1S/C15H21ClO2/c1-13(2)7-9(17)6-10-12(18)14(3)4-5-15(10,13)8-11(14)16/h6,11-12,18H,4-5,7-8H2,1-3H3/t11-,12-,14+,15+/m0/s1. The van der Waals surface area contributed by atoms with Crippen LogP contribution < -0.4 is 0 Å². The van der Waals surface area contributed by atoms with Crippen LogP contribution in [0.5, 0.6) is 0 Å². The molecule has 0 radical (unpaired) electrons. The third-order valence-corrected chi connectivity index (χ3v) is 6.69. The average molecular weight is 269 g/mol. The zero-order valence-electron chi connectivity index (χ0n) is 11.3. The van der Waals surface area contributed by atoms with Gasteiger partial charge >= 0.3 is 0 Å². The van der Waals surface area contributed by atoms with E-state index in [2.05, 4.69) is 20.8 Å². The Hall–Kier alpha value is -0.340. The Labute approximate surface area is 113 Å². The van der Waals surface area contributed by atoms with Gasteiger partial charge in [-0.05, 0) is 36.3 Å². The highest BCUT2D eigenvalue weighted by atomic mass is 35.5.